The van der Waals surface area contributed by atoms with E-state index in [1.165, 1.54) is 24.3 Å². The van der Waals surface area contributed by atoms with Crippen LogP contribution in [0.15, 0.2) is 39.8 Å². The third kappa shape index (κ3) is 3.03. The lowest BCUT2D eigenvalue weighted by Gasteiger charge is -2.09. The number of furan rings is 1. The number of para-hydroxylation sites is 1. The van der Waals surface area contributed by atoms with Crippen molar-refractivity contribution in [3.05, 3.63) is 46.1 Å². The number of hydrogen-bond donors (Lipinski definition) is 2. The molecule has 0 aliphatic heterocycles. The molecule has 0 saturated heterocycles. The molecule has 8 heteroatoms. The number of nitrogens with one attached hydrogen (secondary N) is 1. The Balaban J connectivity index is 2.36. The molecule has 102 valence electrons. The Hall–Kier alpha value is -1.21. The van der Waals surface area contributed by atoms with Crippen LogP contribution in [0.25, 0.3) is 0 Å². The van der Waals surface area contributed by atoms with Gasteiger partial charge in [0.2, 0.25) is 5.09 Å². The monoisotopic (exact) mass is 321 g/mol. The van der Waals surface area contributed by atoms with Crippen LogP contribution < -0.4 is 4.72 Å². The molecule has 0 spiro atoms. The van der Waals surface area contributed by atoms with Gasteiger partial charge in [0, 0.05) is 0 Å². The summed E-state index contributed by atoms with van der Waals surface area (Å²) in [6, 6.07) is 7.21. The van der Waals surface area contributed by atoms with Crippen molar-refractivity contribution < 1.29 is 17.9 Å². The van der Waals surface area contributed by atoms with E-state index in [4.69, 9.17) is 32.7 Å². The first kappa shape index (κ1) is 14.2. The van der Waals surface area contributed by atoms with Gasteiger partial charge in [-0.25, -0.2) is 0 Å². The lowest BCUT2D eigenvalue weighted by atomic mass is 10.3. The molecule has 0 aliphatic carbocycles. The summed E-state index contributed by atoms with van der Waals surface area (Å²) >= 11 is 11.7. The van der Waals surface area contributed by atoms with E-state index in [0.717, 1.165) is 0 Å². The Morgan fingerprint density at radius 2 is 1.79 bits per heavy atom. The van der Waals surface area contributed by atoms with Crippen molar-refractivity contribution in [3.63, 3.8) is 0 Å². The standard InChI is InChI=1S/C11H9Cl2NO4S/c12-8-2-1-3-9(13)11(8)14-19(16,17)10-5-4-7(6-15)18-10/h1-5,14-15H,6H2. The maximum absolute atomic E-state index is 12.0. The zero-order valence-corrected chi connectivity index (χ0v) is 11.8. The fraction of sp³-hybridized carbons (Fsp3) is 0.0909. The van der Waals surface area contributed by atoms with Crippen molar-refractivity contribution in [2.45, 2.75) is 11.7 Å². The van der Waals surface area contributed by atoms with Crippen LogP contribution in [0, 0.1) is 0 Å². The van der Waals surface area contributed by atoms with Gasteiger partial charge < -0.3 is 9.52 Å². The fourth-order valence-electron chi connectivity index (χ4n) is 1.37. The highest BCUT2D eigenvalue weighted by atomic mass is 35.5. The Morgan fingerprint density at radius 3 is 2.32 bits per heavy atom. The molecule has 2 N–H and O–H groups in total. The maximum atomic E-state index is 12.0. The number of sulfonamides is 1. The minimum absolute atomic E-state index is 0.0766. The van der Waals surface area contributed by atoms with Crippen LogP contribution in [-0.2, 0) is 16.6 Å². The predicted molar refractivity (Wildman–Crippen MR) is 71.9 cm³/mol. The van der Waals surface area contributed by atoms with Crippen LogP contribution in [0.2, 0.25) is 10.0 Å². The van der Waals surface area contributed by atoms with Crippen molar-refractivity contribution >= 4 is 38.9 Å². The SMILES string of the molecule is O=S(=O)(Nc1c(Cl)cccc1Cl)c1ccc(CO)o1. The largest absolute Gasteiger partial charge is 0.445 e. The number of rotatable bonds is 4. The second kappa shape index (κ2) is 5.42. The molecule has 5 nitrogen and oxygen atoms in total. The third-order valence-electron chi connectivity index (χ3n) is 2.26. The Labute approximate surface area is 119 Å². The van der Waals surface area contributed by atoms with Gasteiger partial charge >= 0.3 is 0 Å². The second-order valence-electron chi connectivity index (χ2n) is 3.58. The van der Waals surface area contributed by atoms with Gasteiger partial charge in [0.25, 0.3) is 10.0 Å². The maximum Gasteiger partial charge on any atom is 0.295 e. The molecular weight excluding hydrogens is 313 g/mol. The number of hydrogen-bond acceptors (Lipinski definition) is 4. The zero-order chi connectivity index (χ0) is 14.0. The summed E-state index contributed by atoms with van der Waals surface area (Å²) in [5.41, 5.74) is 0.0766. The smallest absolute Gasteiger partial charge is 0.295 e. The zero-order valence-electron chi connectivity index (χ0n) is 9.43. The van der Waals surface area contributed by atoms with E-state index in [-0.39, 0.29) is 33.2 Å². The molecule has 0 aliphatic rings. The minimum Gasteiger partial charge on any atom is -0.445 e. The summed E-state index contributed by atoms with van der Waals surface area (Å²) in [5, 5.41) is 8.86. The van der Waals surface area contributed by atoms with Gasteiger partial charge in [-0.15, -0.1) is 0 Å². The molecule has 19 heavy (non-hydrogen) atoms. The van der Waals surface area contributed by atoms with Crippen LogP contribution in [0.5, 0.6) is 0 Å². The lowest BCUT2D eigenvalue weighted by Crippen LogP contribution is -2.12. The molecule has 1 heterocycles. The quantitative estimate of drug-likeness (QED) is 0.907. The summed E-state index contributed by atoms with van der Waals surface area (Å²) in [6.45, 7) is -0.387. The molecule has 0 atom stereocenters. The van der Waals surface area contributed by atoms with Gasteiger partial charge in [0.1, 0.15) is 12.4 Å². The molecule has 0 fully saturated rings. The fourth-order valence-corrected chi connectivity index (χ4v) is 3.02. The number of aliphatic hydroxyl groups is 1. The summed E-state index contributed by atoms with van der Waals surface area (Å²) in [5.74, 6) is 0.144. The van der Waals surface area contributed by atoms with E-state index in [1.54, 1.807) is 6.07 Å². The molecule has 0 saturated carbocycles. The first-order valence-electron chi connectivity index (χ1n) is 5.10. The lowest BCUT2D eigenvalue weighted by molar-refractivity contribution is 0.236. The Kier molecular flexibility index (Phi) is 4.05. The van der Waals surface area contributed by atoms with Gasteiger partial charge in [-0.05, 0) is 24.3 Å². The normalized spacial score (nSPS) is 11.5. The van der Waals surface area contributed by atoms with Gasteiger partial charge in [-0.2, -0.15) is 8.42 Å². The molecule has 0 bridgehead atoms. The van der Waals surface area contributed by atoms with Crippen molar-refractivity contribution in [1.29, 1.82) is 0 Å². The minimum atomic E-state index is -3.94. The topological polar surface area (TPSA) is 79.5 Å². The van der Waals surface area contributed by atoms with Gasteiger partial charge in [0.15, 0.2) is 0 Å². The van der Waals surface area contributed by atoms with E-state index in [9.17, 15) is 8.42 Å². The van der Waals surface area contributed by atoms with Crippen molar-refractivity contribution in [2.24, 2.45) is 0 Å². The van der Waals surface area contributed by atoms with Crippen LogP contribution in [0.1, 0.15) is 5.76 Å². The number of benzene rings is 1. The highest BCUT2D eigenvalue weighted by Gasteiger charge is 2.21. The third-order valence-corrected chi connectivity index (χ3v) is 4.11. The molecule has 1 aromatic carbocycles. The van der Waals surface area contributed by atoms with Crippen molar-refractivity contribution in [1.82, 2.24) is 0 Å². The summed E-state index contributed by atoms with van der Waals surface area (Å²) < 4.78 is 31.3. The second-order valence-corrected chi connectivity index (χ2v) is 6.01. The van der Waals surface area contributed by atoms with Gasteiger partial charge in [-0.1, -0.05) is 29.3 Å². The first-order chi connectivity index (χ1) is 8.94. The predicted octanol–water partition coefficient (Wildman–Crippen LogP) is 2.88. The average Bonchev–Trinajstić information content (AvgIpc) is 2.83. The summed E-state index contributed by atoms with van der Waals surface area (Å²) in [6.07, 6.45) is 0. The Bertz CT molecular complexity index is 676. The van der Waals surface area contributed by atoms with E-state index in [1.807, 2.05) is 0 Å². The molecule has 0 radical (unpaired) electrons. The highest BCUT2D eigenvalue weighted by molar-refractivity contribution is 7.92. The number of halogens is 2. The van der Waals surface area contributed by atoms with Gasteiger partial charge in [0.05, 0.1) is 15.7 Å². The molecule has 0 unspecified atom stereocenters. The molecule has 2 rings (SSSR count). The highest BCUT2D eigenvalue weighted by Crippen LogP contribution is 2.32. The Morgan fingerprint density at radius 1 is 1.16 bits per heavy atom. The summed E-state index contributed by atoms with van der Waals surface area (Å²) in [7, 11) is -3.94. The van der Waals surface area contributed by atoms with E-state index < -0.39 is 10.0 Å². The van der Waals surface area contributed by atoms with E-state index in [0.29, 0.717) is 0 Å². The van der Waals surface area contributed by atoms with E-state index in [2.05, 4.69) is 4.72 Å². The van der Waals surface area contributed by atoms with E-state index >= 15 is 0 Å². The first-order valence-corrected chi connectivity index (χ1v) is 7.34. The summed E-state index contributed by atoms with van der Waals surface area (Å²) in [4.78, 5) is 0. The van der Waals surface area contributed by atoms with Crippen LogP contribution >= 0.6 is 23.2 Å². The van der Waals surface area contributed by atoms with Crippen LogP contribution in [0.3, 0.4) is 0 Å². The molecule has 1 aromatic heterocycles. The molecule has 2 aromatic rings. The van der Waals surface area contributed by atoms with Crippen LogP contribution in [0.4, 0.5) is 5.69 Å². The molecule has 0 amide bonds. The molecular formula is C11H9Cl2NO4S. The average molecular weight is 322 g/mol. The number of anilines is 1. The van der Waals surface area contributed by atoms with Crippen molar-refractivity contribution in [3.8, 4) is 0 Å². The van der Waals surface area contributed by atoms with Crippen molar-refractivity contribution in [2.75, 3.05) is 4.72 Å². The van der Waals surface area contributed by atoms with Gasteiger partial charge in [-0.3, -0.25) is 4.72 Å². The number of aliphatic hydroxyl groups excluding tert-OH is 1. The van der Waals surface area contributed by atoms with Crippen LogP contribution in [-0.4, -0.2) is 13.5 Å².